The van der Waals surface area contributed by atoms with Gasteiger partial charge in [0.05, 0.1) is 22.6 Å². The van der Waals surface area contributed by atoms with Crippen molar-refractivity contribution in [2.45, 2.75) is 25.3 Å². The molecule has 168 valence electrons. The summed E-state index contributed by atoms with van der Waals surface area (Å²) in [6, 6.07) is 19.3. The van der Waals surface area contributed by atoms with Crippen LogP contribution < -0.4 is 10.0 Å². The minimum absolute atomic E-state index is 0.165. The van der Waals surface area contributed by atoms with Crippen molar-refractivity contribution >= 4 is 21.6 Å². The summed E-state index contributed by atoms with van der Waals surface area (Å²) in [6.45, 7) is 3.93. The third kappa shape index (κ3) is 4.96. The van der Waals surface area contributed by atoms with Crippen LogP contribution in [0.15, 0.2) is 90.3 Å². The Hall–Kier alpha value is -3.91. The number of imidazole rings is 1. The predicted molar refractivity (Wildman–Crippen MR) is 128 cm³/mol. The first-order valence-corrected chi connectivity index (χ1v) is 11.9. The Kier molecular flexibility index (Phi) is 6.28. The van der Waals surface area contributed by atoms with Gasteiger partial charge in [0.2, 0.25) is 0 Å². The largest absolute Gasteiger partial charge is 0.348 e. The number of anilines is 1. The summed E-state index contributed by atoms with van der Waals surface area (Å²) in [5, 5.41) is 2.94. The van der Waals surface area contributed by atoms with E-state index in [4.69, 9.17) is 0 Å². The highest BCUT2D eigenvalue weighted by Crippen LogP contribution is 2.23. The number of nitrogens with zero attached hydrogens (tertiary/aromatic N) is 2. The molecule has 3 aromatic carbocycles. The van der Waals surface area contributed by atoms with E-state index < -0.39 is 10.0 Å². The molecule has 0 aliphatic heterocycles. The lowest BCUT2D eigenvalue weighted by Gasteiger charge is -2.15. The number of hydrogen-bond donors (Lipinski definition) is 2. The van der Waals surface area contributed by atoms with Gasteiger partial charge in [-0.05, 0) is 55.3 Å². The van der Waals surface area contributed by atoms with Crippen LogP contribution in [0, 0.1) is 13.8 Å². The number of sulfonamides is 1. The highest BCUT2D eigenvalue weighted by atomic mass is 32.2. The maximum atomic E-state index is 13.0. The highest BCUT2D eigenvalue weighted by molar-refractivity contribution is 7.92. The lowest BCUT2D eigenvalue weighted by molar-refractivity contribution is 0.0950. The van der Waals surface area contributed by atoms with Crippen molar-refractivity contribution < 1.29 is 13.2 Å². The molecule has 0 aliphatic carbocycles. The van der Waals surface area contributed by atoms with Crippen LogP contribution >= 0.6 is 0 Å². The molecule has 4 rings (SSSR count). The van der Waals surface area contributed by atoms with Gasteiger partial charge in [-0.1, -0.05) is 42.0 Å². The van der Waals surface area contributed by atoms with Gasteiger partial charge in [-0.3, -0.25) is 9.52 Å². The Bertz CT molecular complexity index is 1380. The van der Waals surface area contributed by atoms with Crippen LogP contribution in [0.3, 0.4) is 0 Å². The number of amides is 1. The van der Waals surface area contributed by atoms with Gasteiger partial charge in [0.15, 0.2) is 0 Å². The van der Waals surface area contributed by atoms with Crippen molar-refractivity contribution in [2.24, 2.45) is 0 Å². The lowest BCUT2D eigenvalue weighted by Crippen LogP contribution is -2.25. The highest BCUT2D eigenvalue weighted by Gasteiger charge is 2.18. The Balaban J connectivity index is 1.52. The summed E-state index contributed by atoms with van der Waals surface area (Å²) in [4.78, 5) is 17.2. The molecule has 0 saturated heterocycles. The van der Waals surface area contributed by atoms with Crippen molar-refractivity contribution in [3.05, 3.63) is 108 Å². The quantitative estimate of drug-likeness (QED) is 0.432. The van der Waals surface area contributed by atoms with E-state index in [1.807, 2.05) is 42.0 Å². The van der Waals surface area contributed by atoms with E-state index >= 15 is 0 Å². The van der Waals surface area contributed by atoms with E-state index in [-0.39, 0.29) is 10.8 Å². The standard InChI is InChI=1S/C25H24N4O3S/c1-18-10-12-21(13-11-18)33(31,32)28-23-8-5-7-22(19(23)2)25(30)27-16-20-6-3-4-9-24(20)29-15-14-26-17-29/h3-15,17,28H,16H2,1-2H3,(H,27,30). The molecule has 0 radical (unpaired) electrons. The smallest absolute Gasteiger partial charge is 0.261 e. The van der Waals surface area contributed by atoms with Crippen LogP contribution in [-0.2, 0) is 16.6 Å². The molecule has 0 aliphatic rings. The van der Waals surface area contributed by atoms with Crippen molar-refractivity contribution in [3.8, 4) is 5.69 Å². The molecule has 0 unspecified atom stereocenters. The molecule has 0 atom stereocenters. The van der Waals surface area contributed by atoms with Crippen molar-refractivity contribution in [2.75, 3.05) is 4.72 Å². The molecule has 4 aromatic rings. The fourth-order valence-electron chi connectivity index (χ4n) is 3.50. The number of aryl methyl sites for hydroxylation is 1. The first-order chi connectivity index (χ1) is 15.8. The minimum Gasteiger partial charge on any atom is -0.348 e. The molecule has 0 fully saturated rings. The molecular formula is C25H24N4O3S. The SMILES string of the molecule is Cc1ccc(S(=O)(=O)Nc2cccc(C(=O)NCc3ccccc3-n3ccnc3)c2C)cc1. The summed E-state index contributed by atoms with van der Waals surface area (Å²) in [5.74, 6) is -0.288. The molecule has 33 heavy (non-hydrogen) atoms. The second-order valence-corrected chi connectivity index (χ2v) is 9.36. The zero-order chi connectivity index (χ0) is 23.4. The van der Waals surface area contributed by atoms with E-state index in [1.54, 1.807) is 61.9 Å². The third-order valence-corrected chi connectivity index (χ3v) is 6.75. The number of rotatable bonds is 7. The van der Waals surface area contributed by atoms with Gasteiger partial charge in [-0.25, -0.2) is 13.4 Å². The molecule has 8 heteroatoms. The molecule has 7 nitrogen and oxygen atoms in total. The molecule has 0 spiro atoms. The number of hydrogen-bond acceptors (Lipinski definition) is 4. The molecule has 1 heterocycles. The Morgan fingerprint density at radius 2 is 1.73 bits per heavy atom. The fourth-order valence-corrected chi connectivity index (χ4v) is 4.62. The molecule has 0 saturated carbocycles. The van der Waals surface area contributed by atoms with Gasteiger partial charge in [-0.2, -0.15) is 0 Å². The van der Waals surface area contributed by atoms with Crippen LogP contribution in [0.25, 0.3) is 5.69 Å². The summed E-state index contributed by atoms with van der Waals surface area (Å²) in [7, 11) is -3.77. The average molecular weight is 461 g/mol. The van der Waals surface area contributed by atoms with Gasteiger partial charge in [0.25, 0.3) is 15.9 Å². The first kappa shape index (κ1) is 22.3. The summed E-state index contributed by atoms with van der Waals surface area (Å²) in [5.41, 5.74) is 4.14. The summed E-state index contributed by atoms with van der Waals surface area (Å²) < 4.78 is 30.1. The number of carbonyl (C=O) groups excluding carboxylic acids is 1. The van der Waals surface area contributed by atoms with Gasteiger partial charge >= 0.3 is 0 Å². The van der Waals surface area contributed by atoms with Crippen molar-refractivity contribution in [1.29, 1.82) is 0 Å². The second-order valence-electron chi connectivity index (χ2n) is 7.68. The maximum absolute atomic E-state index is 13.0. The van der Waals surface area contributed by atoms with Crippen LogP contribution in [0.4, 0.5) is 5.69 Å². The Morgan fingerprint density at radius 1 is 0.970 bits per heavy atom. The van der Waals surface area contributed by atoms with E-state index in [1.165, 1.54) is 0 Å². The summed E-state index contributed by atoms with van der Waals surface area (Å²) in [6.07, 6.45) is 5.24. The number of aromatic nitrogens is 2. The van der Waals surface area contributed by atoms with Crippen LogP contribution in [0.2, 0.25) is 0 Å². The van der Waals surface area contributed by atoms with Gasteiger partial charge in [0, 0.05) is 24.5 Å². The van der Waals surface area contributed by atoms with Crippen molar-refractivity contribution in [3.63, 3.8) is 0 Å². The maximum Gasteiger partial charge on any atom is 0.261 e. The zero-order valence-electron chi connectivity index (χ0n) is 18.3. The monoisotopic (exact) mass is 460 g/mol. The van der Waals surface area contributed by atoms with Crippen LogP contribution in [0.1, 0.15) is 27.0 Å². The average Bonchev–Trinajstić information content (AvgIpc) is 3.34. The number of carbonyl (C=O) groups is 1. The fraction of sp³-hybridized carbons (Fsp3) is 0.120. The molecule has 0 bridgehead atoms. The number of benzene rings is 3. The van der Waals surface area contributed by atoms with E-state index in [0.717, 1.165) is 16.8 Å². The molecule has 1 aromatic heterocycles. The Morgan fingerprint density at radius 3 is 2.45 bits per heavy atom. The van der Waals surface area contributed by atoms with E-state index in [9.17, 15) is 13.2 Å². The minimum atomic E-state index is -3.77. The Labute approximate surface area is 193 Å². The summed E-state index contributed by atoms with van der Waals surface area (Å²) >= 11 is 0. The third-order valence-electron chi connectivity index (χ3n) is 5.37. The molecule has 2 N–H and O–H groups in total. The topological polar surface area (TPSA) is 93.1 Å². The zero-order valence-corrected chi connectivity index (χ0v) is 19.1. The van der Waals surface area contributed by atoms with Crippen molar-refractivity contribution in [1.82, 2.24) is 14.9 Å². The predicted octanol–water partition coefficient (Wildman–Crippen LogP) is 4.22. The van der Waals surface area contributed by atoms with Gasteiger partial charge in [-0.15, -0.1) is 0 Å². The normalized spacial score (nSPS) is 11.2. The number of para-hydroxylation sites is 1. The van der Waals surface area contributed by atoms with Gasteiger partial charge in [0.1, 0.15) is 0 Å². The molecular weight excluding hydrogens is 436 g/mol. The van der Waals surface area contributed by atoms with Crippen LogP contribution in [0.5, 0.6) is 0 Å². The van der Waals surface area contributed by atoms with Crippen LogP contribution in [-0.4, -0.2) is 23.9 Å². The second kappa shape index (κ2) is 9.30. The first-order valence-electron chi connectivity index (χ1n) is 10.4. The van der Waals surface area contributed by atoms with Gasteiger partial charge < -0.3 is 9.88 Å². The van der Waals surface area contributed by atoms with E-state index in [0.29, 0.717) is 23.4 Å². The lowest BCUT2D eigenvalue weighted by atomic mass is 10.1. The van der Waals surface area contributed by atoms with E-state index in [2.05, 4.69) is 15.0 Å². The molecule has 1 amide bonds. The number of nitrogens with one attached hydrogen (secondary N) is 2.